The number of nitrogens with zero attached hydrogens (tertiary/aromatic N) is 1. The van der Waals surface area contributed by atoms with E-state index in [-0.39, 0.29) is 12.8 Å². The molecule has 18 heavy (non-hydrogen) atoms. The molecule has 0 amide bonds. The molecule has 2 aliphatic rings. The number of aliphatic hydroxyl groups is 3. The number of hydrogen-bond acceptors (Lipinski definition) is 7. The van der Waals surface area contributed by atoms with Gasteiger partial charge in [-0.2, -0.15) is 0 Å². The molecule has 4 N–H and O–H groups in total. The maximum atomic E-state index is 9.80. The van der Waals surface area contributed by atoms with E-state index in [1.54, 1.807) is 18.2 Å². The summed E-state index contributed by atoms with van der Waals surface area (Å²) in [7, 11) is 1.56. The van der Waals surface area contributed by atoms with E-state index in [1.807, 2.05) is 0 Å². The van der Waals surface area contributed by atoms with Crippen LogP contribution in [0.5, 0.6) is 0 Å². The lowest BCUT2D eigenvalue weighted by Crippen LogP contribution is -2.54. The van der Waals surface area contributed by atoms with Gasteiger partial charge in [0.15, 0.2) is 6.35 Å². The molecule has 4 unspecified atom stereocenters. The van der Waals surface area contributed by atoms with E-state index < -0.39 is 18.2 Å². The predicted octanol–water partition coefficient (Wildman–Crippen LogP) is -1.49. The number of aliphatic hydroxyl groups excluding tert-OH is 3. The third-order valence-electron chi connectivity index (χ3n) is 3.30. The number of nitrogens with one attached hydrogen (secondary N) is 1. The van der Waals surface area contributed by atoms with Crippen LogP contribution in [0.1, 0.15) is 12.8 Å². The predicted molar refractivity (Wildman–Crippen MR) is 61.9 cm³/mol. The zero-order valence-corrected chi connectivity index (χ0v) is 10.3. The first kappa shape index (κ1) is 13.7. The topological polar surface area (TPSA) is 94.4 Å². The standard InChI is InChI=1S/C11H20N2O5/c1-17-7-11(6-14)4-2-9(18-11)13-5-3-8(15)12-10(13)16/h3,5,8-10,12,14-16H,2,4,6-7H2,1H3. The fourth-order valence-electron chi connectivity index (χ4n) is 2.34. The maximum absolute atomic E-state index is 9.80. The Balaban J connectivity index is 2.02. The summed E-state index contributed by atoms with van der Waals surface area (Å²) in [6.07, 6.45) is 2.22. The summed E-state index contributed by atoms with van der Waals surface area (Å²) < 4.78 is 10.9. The van der Waals surface area contributed by atoms with Gasteiger partial charge >= 0.3 is 0 Å². The molecule has 7 heteroatoms. The van der Waals surface area contributed by atoms with Crippen LogP contribution in [0.4, 0.5) is 0 Å². The van der Waals surface area contributed by atoms with Crippen LogP contribution in [0.15, 0.2) is 12.3 Å². The molecule has 0 bridgehead atoms. The van der Waals surface area contributed by atoms with E-state index in [2.05, 4.69) is 5.32 Å². The SMILES string of the molecule is COCC1(CO)CCC(N2C=CC(O)NC2O)O1. The van der Waals surface area contributed by atoms with Gasteiger partial charge in [-0.05, 0) is 18.9 Å². The second-order valence-electron chi connectivity index (χ2n) is 4.66. The van der Waals surface area contributed by atoms with E-state index in [1.165, 1.54) is 6.08 Å². The summed E-state index contributed by atoms with van der Waals surface area (Å²) in [6.45, 7) is 0.185. The molecule has 0 aliphatic carbocycles. The second-order valence-corrected chi connectivity index (χ2v) is 4.66. The van der Waals surface area contributed by atoms with Crippen molar-refractivity contribution < 1.29 is 24.8 Å². The number of methoxy groups -OCH3 is 1. The Hall–Kier alpha value is -0.700. The molecule has 0 aromatic heterocycles. The molecular weight excluding hydrogens is 240 g/mol. The molecule has 1 saturated heterocycles. The first-order chi connectivity index (χ1) is 8.60. The Bertz CT molecular complexity index is 314. The lowest BCUT2D eigenvalue weighted by molar-refractivity contribution is -0.176. The van der Waals surface area contributed by atoms with E-state index in [9.17, 15) is 15.3 Å². The Morgan fingerprint density at radius 2 is 2.33 bits per heavy atom. The normalized spacial score (nSPS) is 40.4. The van der Waals surface area contributed by atoms with Crippen molar-refractivity contribution in [3.8, 4) is 0 Å². The van der Waals surface area contributed by atoms with Gasteiger partial charge in [-0.15, -0.1) is 0 Å². The van der Waals surface area contributed by atoms with E-state index in [0.29, 0.717) is 19.4 Å². The van der Waals surface area contributed by atoms with Gasteiger partial charge in [0.05, 0.1) is 13.2 Å². The summed E-state index contributed by atoms with van der Waals surface area (Å²) >= 11 is 0. The summed E-state index contributed by atoms with van der Waals surface area (Å²) in [6, 6.07) is 0. The Morgan fingerprint density at radius 1 is 1.56 bits per heavy atom. The van der Waals surface area contributed by atoms with Crippen molar-refractivity contribution in [1.29, 1.82) is 0 Å². The van der Waals surface area contributed by atoms with Crippen LogP contribution in [-0.4, -0.2) is 65.0 Å². The lowest BCUT2D eigenvalue weighted by Gasteiger charge is -2.37. The molecular formula is C11H20N2O5. The molecule has 0 aromatic rings. The molecule has 2 heterocycles. The first-order valence-electron chi connectivity index (χ1n) is 5.96. The Morgan fingerprint density at radius 3 is 2.94 bits per heavy atom. The van der Waals surface area contributed by atoms with Gasteiger partial charge in [0.1, 0.15) is 18.1 Å². The summed E-state index contributed by atoms with van der Waals surface area (Å²) in [4.78, 5) is 1.57. The molecule has 104 valence electrons. The lowest BCUT2D eigenvalue weighted by atomic mass is 10.0. The minimum absolute atomic E-state index is 0.124. The van der Waals surface area contributed by atoms with E-state index >= 15 is 0 Å². The summed E-state index contributed by atoms with van der Waals surface area (Å²) in [5.74, 6) is 0. The summed E-state index contributed by atoms with van der Waals surface area (Å²) in [5.41, 5.74) is -0.705. The summed E-state index contributed by atoms with van der Waals surface area (Å²) in [5, 5.41) is 31.1. The molecule has 0 saturated carbocycles. The van der Waals surface area contributed by atoms with Crippen LogP contribution < -0.4 is 5.32 Å². The smallest absolute Gasteiger partial charge is 0.187 e. The van der Waals surface area contributed by atoms with Crippen molar-refractivity contribution in [1.82, 2.24) is 10.2 Å². The average Bonchev–Trinajstić information content (AvgIpc) is 2.74. The van der Waals surface area contributed by atoms with Crippen LogP contribution in [0, 0.1) is 0 Å². The molecule has 0 spiro atoms. The number of ether oxygens (including phenoxy) is 2. The number of hydrogen-bond donors (Lipinski definition) is 4. The number of rotatable bonds is 4. The minimum Gasteiger partial charge on any atom is -0.393 e. The van der Waals surface area contributed by atoms with E-state index in [0.717, 1.165) is 0 Å². The van der Waals surface area contributed by atoms with Gasteiger partial charge in [-0.3, -0.25) is 0 Å². The van der Waals surface area contributed by atoms with E-state index in [4.69, 9.17) is 9.47 Å². The quantitative estimate of drug-likeness (QED) is 0.489. The zero-order chi connectivity index (χ0) is 13.2. The third kappa shape index (κ3) is 2.66. The van der Waals surface area contributed by atoms with Crippen LogP contribution in [0.25, 0.3) is 0 Å². The minimum atomic E-state index is -1.01. The van der Waals surface area contributed by atoms with Gasteiger partial charge < -0.3 is 29.7 Å². The van der Waals surface area contributed by atoms with Crippen LogP contribution in [0.3, 0.4) is 0 Å². The van der Waals surface area contributed by atoms with Crippen molar-refractivity contribution >= 4 is 0 Å². The molecule has 0 aromatic carbocycles. The van der Waals surface area contributed by atoms with Gasteiger partial charge in [0.2, 0.25) is 0 Å². The van der Waals surface area contributed by atoms with Crippen LogP contribution in [-0.2, 0) is 9.47 Å². The highest BCUT2D eigenvalue weighted by Gasteiger charge is 2.43. The zero-order valence-electron chi connectivity index (χ0n) is 10.3. The monoisotopic (exact) mass is 260 g/mol. The molecule has 1 fully saturated rings. The van der Waals surface area contributed by atoms with Crippen molar-refractivity contribution in [2.24, 2.45) is 0 Å². The molecule has 4 atom stereocenters. The van der Waals surface area contributed by atoms with Crippen LogP contribution >= 0.6 is 0 Å². The maximum Gasteiger partial charge on any atom is 0.187 e. The average molecular weight is 260 g/mol. The van der Waals surface area contributed by atoms with Gasteiger partial charge in [0.25, 0.3) is 0 Å². The van der Waals surface area contributed by atoms with Crippen molar-refractivity contribution in [2.45, 2.75) is 37.3 Å². The fraction of sp³-hybridized carbons (Fsp3) is 0.818. The molecule has 0 radical (unpaired) electrons. The van der Waals surface area contributed by atoms with Gasteiger partial charge in [-0.25, -0.2) is 5.32 Å². The third-order valence-corrected chi connectivity index (χ3v) is 3.30. The fourth-order valence-corrected chi connectivity index (χ4v) is 2.34. The van der Waals surface area contributed by atoms with Gasteiger partial charge in [0, 0.05) is 13.3 Å². The van der Waals surface area contributed by atoms with Crippen molar-refractivity contribution in [3.05, 3.63) is 12.3 Å². The molecule has 2 rings (SSSR count). The second kappa shape index (κ2) is 5.52. The van der Waals surface area contributed by atoms with Crippen LogP contribution in [0.2, 0.25) is 0 Å². The highest BCUT2D eigenvalue weighted by atomic mass is 16.6. The first-order valence-corrected chi connectivity index (χ1v) is 5.96. The van der Waals surface area contributed by atoms with Crippen molar-refractivity contribution in [2.75, 3.05) is 20.3 Å². The van der Waals surface area contributed by atoms with Gasteiger partial charge in [-0.1, -0.05) is 0 Å². The van der Waals surface area contributed by atoms with Crippen molar-refractivity contribution in [3.63, 3.8) is 0 Å². The largest absolute Gasteiger partial charge is 0.393 e. The molecule has 7 nitrogen and oxygen atoms in total. The molecule has 2 aliphatic heterocycles. The highest BCUT2D eigenvalue weighted by molar-refractivity contribution is 4.98. The highest BCUT2D eigenvalue weighted by Crippen LogP contribution is 2.33. The Labute approximate surface area is 106 Å². The Kier molecular flexibility index (Phi) is 4.21.